The molecule has 2 rings (SSSR count). The average molecular weight is 435 g/mol. The summed E-state index contributed by atoms with van der Waals surface area (Å²) in [7, 11) is 1.91. The molecular weight excluding hydrogens is 405 g/mol. The van der Waals surface area contributed by atoms with E-state index in [1.165, 1.54) is 0 Å². The molecule has 0 aliphatic rings. The number of aryl methyl sites for hydroxylation is 1. The van der Waals surface area contributed by atoms with Gasteiger partial charge in [0.1, 0.15) is 6.10 Å². The Labute approximate surface area is 181 Å². The van der Waals surface area contributed by atoms with Gasteiger partial charge < -0.3 is 9.64 Å². The lowest BCUT2D eigenvalue weighted by Crippen LogP contribution is -2.17. The van der Waals surface area contributed by atoms with Crippen LogP contribution in [0.25, 0.3) is 0 Å². The predicted octanol–water partition coefficient (Wildman–Crippen LogP) is 6.46. The van der Waals surface area contributed by atoms with Crippen molar-refractivity contribution >= 4 is 18.0 Å². The van der Waals surface area contributed by atoms with E-state index in [9.17, 15) is 18.0 Å². The van der Waals surface area contributed by atoms with Gasteiger partial charge in [0, 0.05) is 20.0 Å². The molecule has 168 valence electrons. The molecule has 0 spiro atoms. The molecule has 2 aromatic rings. The zero-order valence-corrected chi connectivity index (χ0v) is 18.6. The van der Waals surface area contributed by atoms with Gasteiger partial charge in [-0.25, -0.2) is 9.79 Å². The minimum atomic E-state index is -4.33. The minimum Gasteiger partial charge on any atom is -0.454 e. The van der Waals surface area contributed by atoms with Crippen molar-refractivity contribution in [2.24, 2.45) is 4.99 Å². The normalized spacial score (nSPS) is 12.8. The van der Waals surface area contributed by atoms with Crippen LogP contribution in [0.1, 0.15) is 58.5 Å². The van der Waals surface area contributed by atoms with Gasteiger partial charge in [0.05, 0.1) is 17.6 Å². The molecule has 0 heterocycles. The zero-order chi connectivity index (χ0) is 23.2. The lowest BCUT2D eigenvalue weighted by molar-refractivity contribution is -0.140. The molecule has 0 aromatic heterocycles. The number of carbonyl (C=O) groups excluding carboxylic acids is 1. The van der Waals surface area contributed by atoms with E-state index < -0.39 is 24.7 Å². The van der Waals surface area contributed by atoms with Gasteiger partial charge in [0.15, 0.2) is 0 Å². The summed E-state index contributed by atoms with van der Waals surface area (Å²) in [5.41, 5.74) is 4.07. The summed E-state index contributed by atoms with van der Waals surface area (Å²) in [4.78, 5) is 19.2. The summed E-state index contributed by atoms with van der Waals surface area (Å²) in [6.45, 7) is 8.34. The topological polar surface area (TPSA) is 41.9 Å². The highest BCUT2D eigenvalue weighted by Crippen LogP contribution is 2.32. The maximum absolute atomic E-state index is 12.9. The molecule has 0 saturated heterocycles. The molecule has 0 amide bonds. The van der Waals surface area contributed by atoms with Crippen molar-refractivity contribution < 1.29 is 22.7 Å². The van der Waals surface area contributed by atoms with Crippen LogP contribution in [-0.4, -0.2) is 37.0 Å². The molecule has 0 saturated carbocycles. The minimum absolute atomic E-state index is 0.324. The number of carbonyl (C=O) groups is 1. The van der Waals surface area contributed by atoms with E-state index in [0.29, 0.717) is 16.7 Å². The molecule has 0 bridgehead atoms. The summed E-state index contributed by atoms with van der Waals surface area (Å²) in [6, 6.07) is 10.3. The molecule has 1 unspecified atom stereocenters. The van der Waals surface area contributed by atoms with Crippen molar-refractivity contribution in [3.63, 3.8) is 0 Å². The van der Waals surface area contributed by atoms with E-state index in [2.05, 4.69) is 4.99 Å². The van der Waals surface area contributed by atoms with Crippen LogP contribution in [0.3, 0.4) is 0 Å². The second-order valence-corrected chi connectivity index (χ2v) is 7.66. The summed E-state index contributed by atoms with van der Waals surface area (Å²) < 4.78 is 44.0. The number of aliphatic imine (C=N–C) groups is 1. The van der Waals surface area contributed by atoms with Crippen molar-refractivity contribution in [2.45, 2.75) is 52.8 Å². The largest absolute Gasteiger partial charge is 0.454 e. The highest BCUT2D eigenvalue weighted by molar-refractivity contribution is 5.92. The first-order chi connectivity index (χ1) is 14.5. The Balaban J connectivity index is 2.26. The molecule has 2 aromatic carbocycles. The highest BCUT2D eigenvalue weighted by atomic mass is 19.4. The average Bonchev–Trinajstić information content (AvgIpc) is 2.71. The van der Waals surface area contributed by atoms with Gasteiger partial charge in [0.2, 0.25) is 0 Å². The number of ether oxygens (including phenoxy) is 1. The Kier molecular flexibility index (Phi) is 8.25. The van der Waals surface area contributed by atoms with Crippen LogP contribution in [0.4, 0.5) is 18.9 Å². The Bertz CT molecular complexity index is 922. The van der Waals surface area contributed by atoms with E-state index in [1.807, 2.05) is 32.7 Å². The molecule has 0 radical (unpaired) electrons. The lowest BCUT2D eigenvalue weighted by Gasteiger charge is -2.20. The molecule has 1 atom stereocenters. The molecule has 0 aliphatic carbocycles. The zero-order valence-electron chi connectivity index (χ0n) is 18.6. The maximum atomic E-state index is 12.9. The molecule has 31 heavy (non-hydrogen) atoms. The quantitative estimate of drug-likeness (QED) is 0.272. The Morgan fingerprint density at radius 2 is 1.74 bits per heavy atom. The number of alkyl halides is 3. The van der Waals surface area contributed by atoms with Gasteiger partial charge in [-0.15, -0.1) is 0 Å². The van der Waals surface area contributed by atoms with Crippen LogP contribution in [0, 0.1) is 20.8 Å². The fourth-order valence-electron chi connectivity index (χ4n) is 2.97. The smallest absolute Gasteiger partial charge is 0.389 e. The molecule has 0 aliphatic heterocycles. The first kappa shape index (κ1) is 24.4. The SMILES string of the molecule is CCN(C)C=Nc1ccc(C(=O)OC(CCC(F)(F)F)c2ccc(C)cc2)c(C)c1C. The Hall–Kier alpha value is -2.83. The number of nitrogens with zero attached hydrogens (tertiary/aromatic N) is 2. The maximum Gasteiger partial charge on any atom is 0.389 e. The van der Waals surface area contributed by atoms with Crippen molar-refractivity contribution in [3.8, 4) is 0 Å². The first-order valence-electron chi connectivity index (χ1n) is 10.2. The van der Waals surface area contributed by atoms with E-state index in [4.69, 9.17) is 4.74 Å². The predicted molar refractivity (Wildman–Crippen MR) is 117 cm³/mol. The molecule has 7 heteroatoms. The third kappa shape index (κ3) is 7.12. The number of hydrogen-bond donors (Lipinski definition) is 0. The third-order valence-corrected chi connectivity index (χ3v) is 5.26. The monoisotopic (exact) mass is 434 g/mol. The molecular formula is C24H29F3N2O2. The first-order valence-corrected chi connectivity index (χ1v) is 10.2. The summed E-state index contributed by atoms with van der Waals surface area (Å²) in [5, 5.41) is 0. The van der Waals surface area contributed by atoms with Crippen LogP contribution < -0.4 is 0 Å². The Morgan fingerprint density at radius 1 is 1.10 bits per heavy atom. The number of hydrogen-bond acceptors (Lipinski definition) is 3. The number of esters is 1. The van der Waals surface area contributed by atoms with Crippen LogP contribution in [0.15, 0.2) is 41.4 Å². The van der Waals surface area contributed by atoms with E-state index in [-0.39, 0.29) is 6.42 Å². The fourth-order valence-corrected chi connectivity index (χ4v) is 2.97. The van der Waals surface area contributed by atoms with Gasteiger partial charge in [-0.3, -0.25) is 0 Å². The van der Waals surface area contributed by atoms with Crippen molar-refractivity contribution in [1.82, 2.24) is 4.90 Å². The van der Waals surface area contributed by atoms with Crippen molar-refractivity contribution in [1.29, 1.82) is 0 Å². The highest BCUT2D eigenvalue weighted by Gasteiger charge is 2.30. The number of benzene rings is 2. The second kappa shape index (κ2) is 10.5. The van der Waals surface area contributed by atoms with Gasteiger partial charge in [-0.2, -0.15) is 13.2 Å². The second-order valence-electron chi connectivity index (χ2n) is 7.66. The van der Waals surface area contributed by atoms with Crippen LogP contribution >= 0.6 is 0 Å². The van der Waals surface area contributed by atoms with E-state index >= 15 is 0 Å². The third-order valence-electron chi connectivity index (χ3n) is 5.26. The number of halogens is 3. The molecule has 4 nitrogen and oxygen atoms in total. The summed E-state index contributed by atoms with van der Waals surface area (Å²) in [5.74, 6) is -0.644. The molecule has 0 N–H and O–H groups in total. The Morgan fingerprint density at radius 3 is 2.32 bits per heavy atom. The van der Waals surface area contributed by atoms with Gasteiger partial charge in [0.25, 0.3) is 0 Å². The van der Waals surface area contributed by atoms with Gasteiger partial charge in [-0.05, 0) is 62.9 Å². The van der Waals surface area contributed by atoms with Crippen LogP contribution in [-0.2, 0) is 4.74 Å². The van der Waals surface area contributed by atoms with E-state index in [0.717, 1.165) is 23.4 Å². The number of rotatable bonds is 8. The van der Waals surface area contributed by atoms with Crippen LogP contribution in [0.2, 0.25) is 0 Å². The lowest BCUT2D eigenvalue weighted by atomic mass is 10.0. The van der Waals surface area contributed by atoms with Crippen molar-refractivity contribution in [2.75, 3.05) is 13.6 Å². The molecule has 0 fully saturated rings. The van der Waals surface area contributed by atoms with Gasteiger partial charge in [-0.1, -0.05) is 29.8 Å². The van der Waals surface area contributed by atoms with Crippen LogP contribution in [0.5, 0.6) is 0 Å². The fraction of sp³-hybridized carbons (Fsp3) is 0.417. The summed E-state index contributed by atoms with van der Waals surface area (Å²) >= 11 is 0. The standard InChI is InChI=1S/C24H29F3N2O2/c1-6-29(5)15-28-21-12-11-20(17(3)18(21)4)23(30)31-22(13-14-24(25,26)27)19-9-7-16(2)8-10-19/h7-12,15,22H,6,13-14H2,1-5H3. The van der Waals surface area contributed by atoms with E-state index in [1.54, 1.807) is 49.7 Å². The van der Waals surface area contributed by atoms with Gasteiger partial charge >= 0.3 is 12.1 Å². The van der Waals surface area contributed by atoms with Crippen molar-refractivity contribution in [3.05, 3.63) is 64.2 Å². The summed E-state index contributed by atoms with van der Waals surface area (Å²) in [6.07, 6.45) is -4.96.